The van der Waals surface area contributed by atoms with Gasteiger partial charge in [-0.25, -0.2) is 0 Å². The first-order chi connectivity index (χ1) is 6.81. The van der Waals surface area contributed by atoms with E-state index < -0.39 is 0 Å². The molecule has 0 saturated carbocycles. The molecular formula is C11H14BrNO. The van der Waals surface area contributed by atoms with Crippen molar-refractivity contribution in [2.45, 2.75) is 12.3 Å². The molecule has 1 aromatic rings. The van der Waals surface area contributed by atoms with Crippen LogP contribution >= 0.6 is 15.9 Å². The van der Waals surface area contributed by atoms with Gasteiger partial charge in [0, 0.05) is 6.54 Å². The molecule has 2 rings (SSSR count). The fourth-order valence-corrected chi connectivity index (χ4v) is 2.43. The maximum absolute atomic E-state index is 5.20. The molecule has 1 atom stereocenters. The van der Waals surface area contributed by atoms with E-state index >= 15 is 0 Å². The van der Waals surface area contributed by atoms with Gasteiger partial charge in [-0.3, -0.25) is 0 Å². The third kappa shape index (κ3) is 1.93. The van der Waals surface area contributed by atoms with Crippen molar-refractivity contribution in [2.24, 2.45) is 0 Å². The van der Waals surface area contributed by atoms with Crippen molar-refractivity contribution >= 4 is 15.9 Å². The zero-order valence-electron chi connectivity index (χ0n) is 8.22. The van der Waals surface area contributed by atoms with Crippen molar-refractivity contribution in [3.8, 4) is 5.75 Å². The van der Waals surface area contributed by atoms with Crippen LogP contribution in [0.5, 0.6) is 5.75 Å². The third-order valence-electron chi connectivity index (χ3n) is 2.71. The van der Waals surface area contributed by atoms with Gasteiger partial charge in [-0.2, -0.15) is 0 Å². The summed E-state index contributed by atoms with van der Waals surface area (Å²) in [6.45, 7) is 2.23. The van der Waals surface area contributed by atoms with Gasteiger partial charge in [0.25, 0.3) is 0 Å². The number of hydrogen-bond acceptors (Lipinski definition) is 2. The van der Waals surface area contributed by atoms with Crippen LogP contribution in [0.15, 0.2) is 22.7 Å². The molecule has 1 aromatic carbocycles. The third-order valence-corrected chi connectivity index (χ3v) is 3.33. The molecule has 1 heterocycles. The minimum atomic E-state index is 0.664. The molecule has 1 N–H and O–H groups in total. The number of rotatable bonds is 2. The minimum Gasteiger partial charge on any atom is -0.496 e. The van der Waals surface area contributed by atoms with Gasteiger partial charge >= 0.3 is 0 Å². The summed E-state index contributed by atoms with van der Waals surface area (Å²) >= 11 is 3.51. The smallest absolute Gasteiger partial charge is 0.133 e. The lowest BCUT2D eigenvalue weighted by Crippen LogP contribution is -2.07. The van der Waals surface area contributed by atoms with Gasteiger partial charge < -0.3 is 10.1 Å². The Labute approximate surface area is 92.8 Å². The molecule has 0 aliphatic carbocycles. The number of methoxy groups -OCH3 is 1. The van der Waals surface area contributed by atoms with E-state index in [1.165, 1.54) is 12.0 Å². The monoisotopic (exact) mass is 255 g/mol. The molecule has 3 heteroatoms. The number of benzene rings is 1. The van der Waals surface area contributed by atoms with Crippen LogP contribution in [0.2, 0.25) is 0 Å². The minimum absolute atomic E-state index is 0.664. The Morgan fingerprint density at radius 2 is 2.36 bits per heavy atom. The summed E-state index contributed by atoms with van der Waals surface area (Å²) < 4.78 is 6.25. The summed E-state index contributed by atoms with van der Waals surface area (Å²) in [7, 11) is 1.69. The van der Waals surface area contributed by atoms with Crippen LogP contribution in [0.4, 0.5) is 0 Å². The zero-order valence-corrected chi connectivity index (χ0v) is 9.80. The SMILES string of the molecule is COc1ccc(C2CCNC2)cc1Br. The molecule has 2 nitrogen and oxygen atoms in total. The molecule has 14 heavy (non-hydrogen) atoms. The molecule has 1 fully saturated rings. The van der Waals surface area contributed by atoms with E-state index in [0.29, 0.717) is 5.92 Å². The van der Waals surface area contributed by atoms with E-state index in [1.807, 2.05) is 6.07 Å². The van der Waals surface area contributed by atoms with Crippen LogP contribution in [0.3, 0.4) is 0 Å². The lowest BCUT2D eigenvalue weighted by Gasteiger charge is -2.10. The van der Waals surface area contributed by atoms with Crippen LogP contribution in [-0.4, -0.2) is 20.2 Å². The number of hydrogen-bond donors (Lipinski definition) is 1. The predicted molar refractivity (Wildman–Crippen MR) is 60.9 cm³/mol. The van der Waals surface area contributed by atoms with Crippen LogP contribution in [0, 0.1) is 0 Å². The Kier molecular flexibility index (Phi) is 3.08. The van der Waals surface area contributed by atoms with Gasteiger partial charge in [-0.1, -0.05) is 6.07 Å². The number of nitrogens with one attached hydrogen (secondary N) is 1. The van der Waals surface area contributed by atoms with E-state index in [-0.39, 0.29) is 0 Å². The summed E-state index contributed by atoms with van der Waals surface area (Å²) in [6, 6.07) is 6.34. The van der Waals surface area contributed by atoms with Gasteiger partial charge in [0.05, 0.1) is 11.6 Å². The Morgan fingerprint density at radius 1 is 1.50 bits per heavy atom. The van der Waals surface area contributed by atoms with Crippen molar-refractivity contribution in [2.75, 3.05) is 20.2 Å². The molecule has 0 aromatic heterocycles. The molecule has 1 unspecified atom stereocenters. The maximum atomic E-state index is 5.20. The van der Waals surface area contributed by atoms with Gasteiger partial charge in [0.2, 0.25) is 0 Å². The second-order valence-electron chi connectivity index (χ2n) is 3.58. The number of halogens is 1. The first kappa shape index (κ1) is 9.99. The van der Waals surface area contributed by atoms with Crippen molar-refractivity contribution in [3.05, 3.63) is 28.2 Å². The standard InChI is InChI=1S/C11H14BrNO/c1-14-11-3-2-8(6-10(11)12)9-4-5-13-7-9/h2-3,6,9,13H,4-5,7H2,1H3. The van der Waals surface area contributed by atoms with Crippen molar-refractivity contribution in [3.63, 3.8) is 0 Å². The number of ether oxygens (including phenoxy) is 1. The second kappa shape index (κ2) is 4.32. The highest BCUT2D eigenvalue weighted by atomic mass is 79.9. The van der Waals surface area contributed by atoms with E-state index in [1.54, 1.807) is 7.11 Å². The molecule has 1 saturated heterocycles. The van der Waals surface area contributed by atoms with E-state index in [2.05, 4.69) is 33.4 Å². The van der Waals surface area contributed by atoms with Crippen molar-refractivity contribution < 1.29 is 4.74 Å². The lowest BCUT2D eigenvalue weighted by atomic mass is 9.98. The maximum Gasteiger partial charge on any atom is 0.133 e. The molecule has 0 amide bonds. The molecule has 0 bridgehead atoms. The Balaban J connectivity index is 2.23. The molecule has 1 aliphatic rings. The summed E-state index contributed by atoms with van der Waals surface area (Å²) in [4.78, 5) is 0. The van der Waals surface area contributed by atoms with Crippen molar-refractivity contribution in [1.82, 2.24) is 5.32 Å². The normalized spacial score (nSPS) is 21.1. The van der Waals surface area contributed by atoms with Crippen LogP contribution in [-0.2, 0) is 0 Å². The van der Waals surface area contributed by atoms with E-state index in [4.69, 9.17) is 4.74 Å². The van der Waals surface area contributed by atoms with Gasteiger partial charge in [0.15, 0.2) is 0 Å². The highest BCUT2D eigenvalue weighted by molar-refractivity contribution is 9.10. The Bertz CT molecular complexity index is 321. The molecule has 0 spiro atoms. The average Bonchev–Trinajstić information content (AvgIpc) is 2.70. The first-order valence-electron chi connectivity index (χ1n) is 4.85. The van der Waals surface area contributed by atoms with E-state index in [0.717, 1.165) is 23.3 Å². The summed E-state index contributed by atoms with van der Waals surface area (Å²) in [5, 5.41) is 3.37. The summed E-state index contributed by atoms with van der Waals surface area (Å²) in [6.07, 6.45) is 1.23. The summed E-state index contributed by atoms with van der Waals surface area (Å²) in [5.41, 5.74) is 1.39. The van der Waals surface area contributed by atoms with Gasteiger partial charge in [-0.15, -0.1) is 0 Å². The van der Waals surface area contributed by atoms with E-state index in [9.17, 15) is 0 Å². The van der Waals surface area contributed by atoms with Gasteiger partial charge in [-0.05, 0) is 52.5 Å². The Hall–Kier alpha value is -0.540. The van der Waals surface area contributed by atoms with Crippen molar-refractivity contribution in [1.29, 1.82) is 0 Å². The fraction of sp³-hybridized carbons (Fsp3) is 0.455. The highest BCUT2D eigenvalue weighted by Crippen LogP contribution is 2.30. The molecule has 0 radical (unpaired) electrons. The van der Waals surface area contributed by atoms with Crippen LogP contribution < -0.4 is 10.1 Å². The summed E-state index contributed by atoms with van der Waals surface area (Å²) in [5.74, 6) is 1.57. The second-order valence-corrected chi connectivity index (χ2v) is 4.44. The predicted octanol–water partition coefficient (Wildman–Crippen LogP) is 2.53. The van der Waals surface area contributed by atoms with Crippen LogP contribution in [0.1, 0.15) is 17.9 Å². The zero-order chi connectivity index (χ0) is 9.97. The molecule has 76 valence electrons. The Morgan fingerprint density at radius 3 is 2.93 bits per heavy atom. The molecular weight excluding hydrogens is 242 g/mol. The first-order valence-corrected chi connectivity index (χ1v) is 5.64. The molecule has 1 aliphatic heterocycles. The topological polar surface area (TPSA) is 21.3 Å². The van der Waals surface area contributed by atoms with Crippen LogP contribution in [0.25, 0.3) is 0 Å². The fourth-order valence-electron chi connectivity index (χ4n) is 1.88. The van der Waals surface area contributed by atoms with Gasteiger partial charge in [0.1, 0.15) is 5.75 Å². The average molecular weight is 256 g/mol. The quantitative estimate of drug-likeness (QED) is 0.877. The lowest BCUT2D eigenvalue weighted by molar-refractivity contribution is 0.412. The highest BCUT2D eigenvalue weighted by Gasteiger charge is 2.17. The largest absolute Gasteiger partial charge is 0.496 e.